The van der Waals surface area contributed by atoms with E-state index in [4.69, 9.17) is 26.2 Å². The Hall–Kier alpha value is -3.09. The van der Waals surface area contributed by atoms with Gasteiger partial charge in [-0.3, -0.25) is 0 Å². The van der Waals surface area contributed by atoms with Crippen LogP contribution >= 0.6 is 11.6 Å². The summed E-state index contributed by atoms with van der Waals surface area (Å²) in [6.07, 6.45) is 7.23. The predicted molar refractivity (Wildman–Crippen MR) is 111 cm³/mol. The molecule has 29 heavy (non-hydrogen) atoms. The average molecular weight is 413 g/mol. The van der Waals surface area contributed by atoms with Crippen molar-refractivity contribution in [2.75, 3.05) is 13.7 Å². The molecule has 0 fully saturated rings. The first-order chi connectivity index (χ1) is 14.0. The molecule has 1 N–H and O–H groups in total. The quantitative estimate of drug-likeness (QED) is 0.558. The van der Waals surface area contributed by atoms with E-state index in [0.717, 1.165) is 22.4 Å². The van der Waals surface area contributed by atoms with Crippen LogP contribution < -0.4 is 4.74 Å². The lowest BCUT2D eigenvalue weighted by molar-refractivity contribution is 0.0697. The van der Waals surface area contributed by atoms with Crippen LogP contribution in [-0.2, 0) is 17.9 Å². The topological polar surface area (TPSA) is 73.6 Å². The molecule has 0 radical (unpaired) electrons. The number of hydrogen-bond donors (Lipinski definition) is 1. The summed E-state index contributed by atoms with van der Waals surface area (Å²) in [5, 5.41) is 9.48. The molecule has 0 aliphatic rings. The van der Waals surface area contributed by atoms with Crippen LogP contribution in [0.15, 0.2) is 66.8 Å². The highest BCUT2D eigenvalue weighted by Gasteiger charge is 2.08. The summed E-state index contributed by atoms with van der Waals surface area (Å²) in [4.78, 5) is 15.2. The molecule has 0 atom stereocenters. The highest BCUT2D eigenvalue weighted by atomic mass is 35.5. The van der Waals surface area contributed by atoms with Gasteiger partial charge in [0.15, 0.2) is 0 Å². The Kier molecular flexibility index (Phi) is 7.05. The molecule has 0 saturated carbocycles. The van der Waals surface area contributed by atoms with Gasteiger partial charge in [0.05, 0.1) is 32.2 Å². The Morgan fingerprint density at radius 3 is 2.66 bits per heavy atom. The third kappa shape index (κ3) is 5.94. The number of carbonyl (C=O) groups is 1. The number of ether oxygens (including phenoxy) is 2. The highest BCUT2D eigenvalue weighted by Crippen LogP contribution is 2.22. The number of carboxylic acids is 1. The van der Waals surface area contributed by atoms with Crippen molar-refractivity contribution in [1.29, 1.82) is 0 Å². The molecule has 3 aromatic rings. The fourth-order valence-corrected chi connectivity index (χ4v) is 3.00. The Bertz CT molecular complexity index is 983. The molecule has 6 nitrogen and oxygen atoms in total. The molecule has 2 aromatic carbocycles. The smallest absolute Gasteiger partial charge is 0.335 e. The number of halogens is 1. The maximum absolute atomic E-state index is 11.1. The van der Waals surface area contributed by atoms with Crippen LogP contribution in [0.25, 0.3) is 6.08 Å². The van der Waals surface area contributed by atoms with Crippen LogP contribution in [0.4, 0.5) is 0 Å². The zero-order valence-corrected chi connectivity index (χ0v) is 16.7. The Morgan fingerprint density at radius 1 is 1.24 bits per heavy atom. The fraction of sp³-hybridized carbons (Fsp3) is 0.182. The molecular formula is C22H21ClN2O4. The number of hydrogen-bond acceptors (Lipinski definition) is 4. The second-order valence-electron chi connectivity index (χ2n) is 6.42. The summed E-state index contributed by atoms with van der Waals surface area (Å²) in [6, 6.07) is 12.4. The van der Waals surface area contributed by atoms with Crippen molar-refractivity contribution < 1.29 is 19.4 Å². The van der Waals surface area contributed by atoms with Gasteiger partial charge in [0.2, 0.25) is 0 Å². The van der Waals surface area contributed by atoms with E-state index in [9.17, 15) is 4.79 Å². The maximum atomic E-state index is 11.1. The molecule has 0 aliphatic carbocycles. The van der Waals surface area contributed by atoms with Crippen molar-refractivity contribution in [3.05, 3.63) is 88.5 Å². The van der Waals surface area contributed by atoms with E-state index in [1.54, 1.807) is 25.7 Å². The van der Waals surface area contributed by atoms with Crippen molar-refractivity contribution in [3.63, 3.8) is 0 Å². The van der Waals surface area contributed by atoms with Crippen LogP contribution in [0.1, 0.15) is 21.5 Å². The van der Waals surface area contributed by atoms with Gasteiger partial charge in [-0.1, -0.05) is 35.9 Å². The fourth-order valence-electron chi connectivity index (χ4n) is 2.77. The van der Waals surface area contributed by atoms with Crippen molar-refractivity contribution in [3.8, 4) is 5.75 Å². The van der Waals surface area contributed by atoms with Crippen molar-refractivity contribution >= 4 is 23.6 Å². The molecule has 0 bridgehead atoms. The van der Waals surface area contributed by atoms with E-state index in [1.165, 1.54) is 12.1 Å². The first-order valence-electron chi connectivity index (χ1n) is 8.94. The van der Waals surface area contributed by atoms with Crippen LogP contribution in [0, 0.1) is 0 Å². The van der Waals surface area contributed by atoms with Gasteiger partial charge in [-0.05, 0) is 41.0 Å². The second kappa shape index (κ2) is 9.91. The van der Waals surface area contributed by atoms with Crippen LogP contribution in [0.5, 0.6) is 5.75 Å². The minimum absolute atomic E-state index is 0.152. The molecule has 0 amide bonds. The van der Waals surface area contributed by atoms with E-state index in [2.05, 4.69) is 4.98 Å². The van der Waals surface area contributed by atoms with Crippen LogP contribution in [-0.4, -0.2) is 34.3 Å². The number of aromatic carboxylic acids is 1. The molecule has 1 heterocycles. The molecule has 0 aliphatic heterocycles. The van der Waals surface area contributed by atoms with E-state index in [0.29, 0.717) is 24.8 Å². The molecule has 7 heteroatoms. The normalized spacial score (nSPS) is 11.4. The molecule has 3 rings (SSSR count). The molecular weight excluding hydrogens is 392 g/mol. The van der Waals surface area contributed by atoms with E-state index >= 15 is 0 Å². The van der Waals surface area contributed by atoms with Crippen molar-refractivity contribution in [2.24, 2.45) is 0 Å². The summed E-state index contributed by atoms with van der Waals surface area (Å²) in [5.41, 5.74) is 2.90. The van der Waals surface area contributed by atoms with Gasteiger partial charge in [0, 0.05) is 24.0 Å². The highest BCUT2D eigenvalue weighted by molar-refractivity contribution is 6.32. The van der Waals surface area contributed by atoms with E-state index in [-0.39, 0.29) is 5.56 Å². The Labute approximate surface area is 174 Å². The Morgan fingerprint density at radius 2 is 2.03 bits per heavy atom. The molecule has 0 unspecified atom stereocenters. The van der Waals surface area contributed by atoms with Crippen LogP contribution in [0.2, 0.25) is 5.02 Å². The van der Waals surface area contributed by atoms with Gasteiger partial charge in [0.1, 0.15) is 5.75 Å². The number of imidazole rings is 1. The average Bonchev–Trinajstić information content (AvgIpc) is 3.23. The third-order valence-electron chi connectivity index (χ3n) is 4.27. The first kappa shape index (κ1) is 20.6. The maximum Gasteiger partial charge on any atom is 0.335 e. The lowest BCUT2D eigenvalue weighted by atomic mass is 10.1. The second-order valence-corrected chi connectivity index (χ2v) is 6.83. The number of nitrogens with zero attached hydrogens (tertiary/aromatic N) is 2. The molecule has 1 aromatic heterocycles. The number of rotatable bonds is 9. The van der Waals surface area contributed by atoms with Crippen molar-refractivity contribution in [2.45, 2.75) is 13.2 Å². The van der Waals surface area contributed by atoms with Crippen LogP contribution in [0.3, 0.4) is 0 Å². The van der Waals surface area contributed by atoms with Gasteiger partial charge in [-0.15, -0.1) is 0 Å². The zero-order chi connectivity index (χ0) is 20.6. The number of carboxylic acid groups (broad SMARTS) is 1. The zero-order valence-electron chi connectivity index (χ0n) is 15.9. The van der Waals surface area contributed by atoms with Gasteiger partial charge in [-0.25, -0.2) is 9.78 Å². The van der Waals surface area contributed by atoms with Crippen molar-refractivity contribution in [1.82, 2.24) is 9.55 Å². The van der Waals surface area contributed by atoms with Gasteiger partial charge < -0.3 is 19.1 Å². The summed E-state index contributed by atoms with van der Waals surface area (Å²) >= 11 is 6.28. The summed E-state index contributed by atoms with van der Waals surface area (Å²) in [6.45, 7) is 1.43. The minimum Gasteiger partial charge on any atom is -0.497 e. The summed E-state index contributed by atoms with van der Waals surface area (Å²) in [7, 11) is 1.63. The lowest BCUT2D eigenvalue weighted by Crippen LogP contribution is -2.06. The first-order valence-corrected chi connectivity index (χ1v) is 9.31. The van der Waals surface area contributed by atoms with Gasteiger partial charge in [-0.2, -0.15) is 0 Å². The van der Waals surface area contributed by atoms with E-state index < -0.39 is 5.97 Å². The molecule has 0 spiro atoms. The van der Waals surface area contributed by atoms with Gasteiger partial charge in [0.25, 0.3) is 0 Å². The third-order valence-corrected chi connectivity index (χ3v) is 4.59. The number of benzene rings is 2. The lowest BCUT2D eigenvalue weighted by Gasteiger charge is -2.11. The minimum atomic E-state index is -1.01. The number of aromatic nitrogens is 2. The number of methoxy groups -OCH3 is 1. The standard InChI is InChI=1S/C22H21ClN2O4/c1-28-20-6-2-16(3-7-20)13-29-14-17(12-25-9-8-24-15-25)10-18-4-5-19(22(26)27)11-21(18)23/h2-11,15H,12-14H2,1H3,(H,26,27). The largest absolute Gasteiger partial charge is 0.497 e. The summed E-state index contributed by atoms with van der Waals surface area (Å²) < 4.78 is 13.0. The monoisotopic (exact) mass is 412 g/mol. The molecule has 0 saturated heterocycles. The van der Waals surface area contributed by atoms with Gasteiger partial charge >= 0.3 is 5.97 Å². The molecule has 150 valence electrons. The Balaban J connectivity index is 1.73. The SMILES string of the molecule is COc1ccc(COCC(=Cc2ccc(C(=O)O)cc2Cl)Cn2ccnc2)cc1. The van der Waals surface area contributed by atoms with E-state index in [1.807, 2.05) is 41.1 Å². The summed E-state index contributed by atoms with van der Waals surface area (Å²) in [5.74, 6) is -0.210. The predicted octanol–water partition coefficient (Wildman–Crippen LogP) is 4.54.